The molecule has 0 aliphatic carbocycles. The minimum absolute atomic E-state index is 0. The van der Waals surface area contributed by atoms with Gasteiger partial charge in [-0.25, -0.2) is 0 Å². The molecule has 0 amide bonds. The van der Waals surface area contributed by atoms with Crippen LogP contribution < -0.4 is 0 Å². The molecule has 0 rings (SSSR count). The van der Waals surface area contributed by atoms with Crippen LogP contribution in [0.3, 0.4) is 0 Å². The Morgan fingerprint density at radius 3 is 0.625 bits per heavy atom. The first-order valence-electron chi connectivity index (χ1n) is 0.567. The van der Waals surface area contributed by atoms with Gasteiger partial charge in [0.25, 0.3) is 0 Å². The molecule has 57 valence electrons. The van der Waals surface area contributed by atoms with E-state index in [-0.39, 0.29) is 21.9 Å². The summed E-state index contributed by atoms with van der Waals surface area (Å²) in [5, 5.41) is 0. The van der Waals surface area contributed by atoms with E-state index < -0.39 is 14.7 Å². The third kappa shape index (κ3) is 89.5. The van der Waals surface area contributed by atoms with Gasteiger partial charge in [0.15, 0.2) is 0 Å². The molecule has 0 aliphatic rings. The molecule has 0 bridgehead atoms. The summed E-state index contributed by atoms with van der Waals surface area (Å²) < 4.78 is 0. The van der Waals surface area contributed by atoms with Gasteiger partial charge in [-0.1, -0.05) is 0 Å². The Morgan fingerprint density at radius 1 is 0.625 bits per heavy atom. The van der Waals surface area contributed by atoms with Crippen LogP contribution in [-0.4, -0.2) is 21.9 Å². The molecule has 0 radical (unpaired) electrons. The Hall–Kier alpha value is 2.16. The van der Waals surface area contributed by atoms with Gasteiger partial charge in [-0.15, -0.1) is 0 Å². The first kappa shape index (κ1) is 32.0. The normalized spacial score (nSPS) is 3.38. The molecule has 0 aromatic heterocycles. The van der Waals surface area contributed by atoms with Crippen molar-refractivity contribution in [1.82, 2.24) is 0 Å². The summed E-state index contributed by atoms with van der Waals surface area (Å²) in [5.74, 6) is 0. The van der Waals surface area contributed by atoms with Crippen LogP contribution in [0.5, 0.6) is 0 Å². The van der Waals surface area contributed by atoms with Crippen molar-refractivity contribution in [3.05, 3.63) is 0 Å². The van der Waals surface area contributed by atoms with Gasteiger partial charge in [0.05, 0.1) is 0 Å². The van der Waals surface area contributed by atoms with Crippen LogP contribution in [0.2, 0.25) is 0 Å². The molecule has 0 saturated carbocycles. The van der Waals surface area contributed by atoms with Crippen molar-refractivity contribution < 1.29 is 36.6 Å². The molecule has 0 heterocycles. The summed E-state index contributed by atoms with van der Waals surface area (Å²) in [7, 11) is 0. The van der Waals surface area contributed by atoms with E-state index in [0.29, 0.717) is 0 Å². The number of hydrogen-bond donors (Lipinski definition) is 0. The second kappa shape index (κ2) is 22.9. The van der Waals surface area contributed by atoms with Crippen molar-refractivity contribution in [2.24, 2.45) is 0 Å². The molecule has 0 atom stereocenters. The number of halogens is 3. The first-order valence-corrected chi connectivity index (χ1v) is 17.4. The molecule has 0 aliphatic heterocycles. The van der Waals surface area contributed by atoms with Crippen molar-refractivity contribution in [3.8, 4) is 0 Å². The van der Waals surface area contributed by atoms with Crippen LogP contribution in [0.1, 0.15) is 0 Å². The molecule has 8 heteroatoms. The fourth-order valence-corrected chi connectivity index (χ4v) is 0. The summed E-state index contributed by atoms with van der Waals surface area (Å²) in [6.45, 7) is 0. The zero-order valence-electron chi connectivity index (χ0n) is 3.63. The molecular formula is H8Br3O4Zr. The predicted octanol–water partition coefficient (Wildman–Crippen LogP) is -0.765. The van der Waals surface area contributed by atoms with Gasteiger partial charge in [0, 0.05) is 0 Å². The van der Waals surface area contributed by atoms with Gasteiger partial charge in [-0.05, 0) is 0 Å². The fourth-order valence-electron chi connectivity index (χ4n) is 0. The molecule has 0 unspecified atom stereocenters. The molecule has 0 aromatic rings. The maximum atomic E-state index is 3.30. The summed E-state index contributed by atoms with van der Waals surface area (Å²) in [6, 6.07) is 0. The van der Waals surface area contributed by atoms with Crippen molar-refractivity contribution in [2.75, 3.05) is 0 Å². The Balaban J connectivity index is -0.00000000750. The zero-order valence-corrected chi connectivity index (χ0v) is 10.8. The molecule has 8 heavy (non-hydrogen) atoms. The Kier molecular flexibility index (Phi) is 91.6. The van der Waals surface area contributed by atoms with Crippen molar-refractivity contribution in [1.29, 1.82) is 0 Å². The van der Waals surface area contributed by atoms with Gasteiger partial charge < -0.3 is 21.9 Å². The van der Waals surface area contributed by atoms with E-state index in [2.05, 4.69) is 36.7 Å². The van der Waals surface area contributed by atoms with Crippen molar-refractivity contribution >= 4 is 36.7 Å². The topological polar surface area (TPSA) is 126 Å². The zero-order chi connectivity index (χ0) is 3.58. The average molecular weight is 403 g/mol. The van der Waals surface area contributed by atoms with E-state index in [1.165, 1.54) is 0 Å². The van der Waals surface area contributed by atoms with E-state index in [4.69, 9.17) is 0 Å². The molecule has 0 spiro atoms. The SMILES string of the molecule is O.O.O.O.[Br][Zr]([Br])[Br]. The first-order chi connectivity index (χ1) is 1.73. The van der Waals surface area contributed by atoms with Gasteiger partial charge >= 0.3 is 51.4 Å². The molecule has 0 saturated heterocycles. The van der Waals surface area contributed by atoms with Gasteiger partial charge in [0.2, 0.25) is 0 Å². The monoisotopic (exact) mass is 399 g/mol. The Morgan fingerprint density at radius 2 is 0.625 bits per heavy atom. The quantitative estimate of drug-likeness (QED) is 0.504. The van der Waals surface area contributed by atoms with Crippen LogP contribution in [0, 0.1) is 0 Å². The summed E-state index contributed by atoms with van der Waals surface area (Å²) in [5.41, 5.74) is 0. The summed E-state index contributed by atoms with van der Waals surface area (Å²) >= 11 is 8.80. The number of hydrogen-bond acceptors (Lipinski definition) is 0. The van der Waals surface area contributed by atoms with E-state index >= 15 is 0 Å². The Bertz CT molecular complexity index is 16.0. The molecule has 8 N–H and O–H groups in total. The van der Waals surface area contributed by atoms with Crippen LogP contribution in [0.15, 0.2) is 0 Å². The second-order valence-electron chi connectivity index (χ2n) is 0.214. The van der Waals surface area contributed by atoms with Gasteiger partial charge in [-0.3, -0.25) is 0 Å². The fraction of sp³-hybridized carbons (Fsp3) is 0. The molecular weight excluding hydrogens is 395 g/mol. The van der Waals surface area contributed by atoms with E-state index in [9.17, 15) is 0 Å². The van der Waals surface area contributed by atoms with Crippen LogP contribution in [0.4, 0.5) is 0 Å². The Labute approximate surface area is 72.3 Å². The number of rotatable bonds is 0. The van der Waals surface area contributed by atoms with Crippen LogP contribution in [0.25, 0.3) is 0 Å². The molecule has 4 nitrogen and oxygen atoms in total. The maximum absolute atomic E-state index is 3.30. The third-order valence-corrected chi connectivity index (χ3v) is 0. The standard InChI is InChI=1S/3BrH.4H2O.Zr/h3*1H;4*1H2;/q;;;;;;;+3/p-3. The second-order valence-corrected chi connectivity index (χ2v) is 34.2. The molecule has 0 fully saturated rings. The van der Waals surface area contributed by atoms with Crippen LogP contribution >= 0.6 is 36.7 Å². The summed E-state index contributed by atoms with van der Waals surface area (Å²) in [6.07, 6.45) is 0. The van der Waals surface area contributed by atoms with Crippen LogP contribution in [-0.2, 0) is 14.7 Å². The van der Waals surface area contributed by atoms with Gasteiger partial charge in [-0.2, -0.15) is 0 Å². The summed E-state index contributed by atoms with van der Waals surface area (Å²) in [4.78, 5) is 0. The molecule has 0 aromatic carbocycles. The van der Waals surface area contributed by atoms with E-state index in [1.54, 1.807) is 0 Å². The third-order valence-electron chi connectivity index (χ3n) is 0. The van der Waals surface area contributed by atoms with Gasteiger partial charge in [0.1, 0.15) is 0 Å². The van der Waals surface area contributed by atoms with Crippen molar-refractivity contribution in [2.45, 2.75) is 0 Å². The average Bonchev–Trinajstić information content (AvgIpc) is 0.811. The van der Waals surface area contributed by atoms with E-state index in [0.717, 1.165) is 0 Å². The van der Waals surface area contributed by atoms with E-state index in [1.807, 2.05) is 0 Å². The predicted molar refractivity (Wildman–Crippen MR) is 41.2 cm³/mol. The van der Waals surface area contributed by atoms with Crippen molar-refractivity contribution in [3.63, 3.8) is 0 Å². The minimum atomic E-state index is -1.11.